The van der Waals surface area contributed by atoms with Crippen molar-refractivity contribution in [1.82, 2.24) is 5.32 Å². The normalized spacial score (nSPS) is 18.8. The predicted molar refractivity (Wildman–Crippen MR) is 78.5 cm³/mol. The van der Waals surface area contributed by atoms with Crippen molar-refractivity contribution in [3.05, 3.63) is 52.7 Å². The van der Waals surface area contributed by atoms with Crippen molar-refractivity contribution in [2.75, 3.05) is 4.90 Å². The number of carbonyl (C=O) groups is 2. The molecule has 2 aromatic rings. The van der Waals surface area contributed by atoms with Gasteiger partial charge in [0.15, 0.2) is 0 Å². The van der Waals surface area contributed by atoms with E-state index >= 15 is 0 Å². The Morgan fingerprint density at radius 3 is 2.65 bits per heavy atom. The van der Waals surface area contributed by atoms with Gasteiger partial charge >= 0.3 is 0 Å². The van der Waals surface area contributed by atoms with Gasteiger partial charge in [-0.3, -0.25) is 9.59 Å². The maximum absolute atomic E-state index is 12.3. The summed E-state index contributed by atoms with van der Waals surface area (Å²) in [6.45, 7) is 0.615. The van der Waals surface area contributed by atoms with Crippen LogP contribution in [0.1, 0.15) is 11.3 Å². The number of thiophene rings is 1. The van der Waals surface area contributed by atoms with Crippen LogP contribution in [0, 0.1) is 0 Å². The van der Waals surface area contributed by atoms with Crippen molar-refractivity contribution in [2.24, 2.45) is 0 Å². The van der Waals surface area contributed by atoms with Gasteiger partial charge in [0, 0.05) is 11.4 Å². The average Bonchev–Trinajstić information content (AvgIpc) is 3.06. The van der Waals surface area contributed by atoms with Crippen LogP contribution in [-0.2, 0) is 16.1 Å². The second kappa shape index (κ2) is 5.56. The molecule has 0 aliphatic carbocycles. The Kier molecular flexibility index (Phi) is 3.62. The minimum absolute atomic E-state index is 0.148. The molecular formula is C15H14N2O2S. The molecule has 20 heavy (non-hydrogen) atoms. The Labute approximate surface area is 121 Å². The van der Waals surface area contributed by atoms with E-state index in [2.05, 4.69) is 5.32 Å². The number of hydrogen-bond donors (Lipinski definition) is 1. The highest BCUT2D eigenvalue weighted by atomic mass is 32.1. The van der Waals surface area contributed by atoms with Crippen LogP contribution in [-0.4, -0.2) is 17.9 Å². The number of nitrogens with zero attached hydrogens (tertiary/aromatic N) is 1. The molecule has 1 N–H and O–H groups in total. The first-order chi connectivity index (χ1) is 9.75. The number of rotatable bonds is 4. The summed E-state index contributed by atoms with van der Waals surface area (Å²) < 4.78 is 0. The molecule has 2 heterocycles. The fourth-order valence-electron chi connectivity index (χ4n) is 2.28. The Morgan fingerprint density at radius 2 is 1.95 bits per heavy atom. The number of hydrogen-bond acceptors (Lipinski definition) is 4. The number of imide groups is 1. The Balaban J connectivity index is 1.70. The minimum Gasteiger partial charge on any atom is -0.300 e. The maximum atomic E-state index is 12.3. The molecule has 3 rings (SSSR count). The lowest BCUT2D eigenvalue weighted by molar-refractivity contribution is -0.121. The monoisotopic (exact) mass is 286 g/mol. The largest absolute Gasteiger partial charge is 0.300 e. The predicted octanol–water partition coefficient (Wildman–Crippen LogP) is 2.17. The van der Waals surface area contributed by atoms with Gasteiger partial charge in [0.1, 0.15) is 0 Å². The summed E-state index contributed by atoms with van der Waals surface area (Å²) in [5, 5.41) is 5.16. The summed E-state index contributed by atoms with van der Waals surface area (Å²) in [6, 6.07) is 12.6. The van der Waals surface area contributed by atoms with E-state index in [0.29, 0.717) is 12.2 Å². The van der Waals surface area contributed by atoms with Gasteiger partial charge in [-0.25, -0.2) is 4.90 Å². The standard InChI is InChI=1S/C15H14N2O2S/c18-14-9-13(16-10-12-7-4-8-20-12)15(19)17(14)11-5-2-1-3-6-11/h1-8,13,16H,9-10H2. The summed E-state index contributed by atoms with van der Waals surface area (Å²) in [6.07, 6.45) is 0.221. The lowest BCUT2D eigenvalue weighted by atomic mass is 10.2. The molecule has 1 aliphatic heterocycles. The molecule has 102 valence electrons. The van der Waals surface area contributed by atoms with Crippen molar-refractivity contribution in [3.63, 3.8) is 0 Å². The van der Waals surface area contributed by atoms with E-state index in [9.17, 15) is 9.59 Å². The summed E-state index contributed by atoms with van der Waals surface area (Å²) in [7, 11) is 0. The first kappa shape index (κ1) is 13.0. The van der Waals surface area contributed by atoms with Crippen LogP contribution in [0.3, 0.4) is 0 Å². The number of anilines is 1. The van der Waals surface area contributed by atoms with Gasteiger partial charge in [0.25, 0.3) is 5.91 Å². The van der Waals surface area contributed by atoms with Gasteiger partial charge in [-0.15, -0.1) is 11.3 Å². The highest BCUT2D eigenvalue weighted by molar-refractivity contribution is 7.09. The highest BCUT2D eigenvalue weighted by Gasteiger charge is 2.39. The molecule has 1 aromatic heterocycles. The fraction of sp³-hybridized carbons (Fsp3) is 0.200. The van der Waals surface area contributed by atoms with E-state index in [-0.39, 0.29) is 18.2 Å². The number of para-hydroxylation sites is 1. The van der Waals surface area contributed by atoms with Crippen LogP contribution in [0.4, 0.5) is 5.69 Å². The van der Waals surface area contributed by atoms with Crippen molar-refractivity contribution in [2.45, 2.75) is 19.0 Å². The smallest absolute Gasteiger partial charge is 0.251 e. The maximum Gasteiger partial charge on any atom is 0.251 e. The molecule has 0 radical (unpaired) electrons. The summed E-state index contributed by atoms with van der Waals surface area (Å²) in [5.74, 6) is -0.317. The third-order valence-corrected chi connectivity index (χ3v) is 4.14. The second-order valence-electron chi connectivity index (χ2n) is 4.62. The number of carbonyl (C=O) groups excluding carboxylic acids is 2. The van der Waals surface area contributed by atoms with Gasteiger partial charge in [-0.05, 0) is 23.6 Å². The zero-order valence-electron chi connectivity index (χ0n) is 10.8. The SMILES string of the molecule is O=C1CC(NCc2cccs2)C(=O)N1c1ccccc1. The molecule has 2 amide bonds. The molecule has 0 bridgehead atoms. The van der Waals surface area contributed by atoms with Crippen LogP contribution < -0.4 is 10.2 Å². The first-order valence-electron chi connectivity index (χ1n) is 6.43. The quantitative estimate of drug-likeness (QED) is 0.876. The highest BCUT2D eigenvalue weighted by Crippen LogP contribution is 2.22. The molecular weight excluding hydrogens is 272 g/mol. The van der Waals surface area contributed by atoms with Crippen LogP contribution in [0.15, 0.2) is 47.8 Å². The molecule has 4 nitrogen and oxygen atoms in total. The van der Waals surface area contributed by atoms with Crippen LogP contribution in [0.2, 0.25) is 0 Å². The summed E-state index contributed by atoms with van der Waals surface area (Å²) in [5.41, 5.74) is 0.642. The van der Waals surface area contributed by atoms with Crippen molar-refractivity contribution in [3.8, 4) is 0 Å². The Bertz CT molecular complexity index is 610. The molecule has 1 aromatic carbocycles. The average molecular weight is 286 g/mol. The molecule has 1 atom stereocenters. The van der Waals surface area contributed by atoms with E-state index in [1.165, 1.54) is 4.90 Å². The zero-order chi connectivity index (χ0) is 13.9. The van der Waals surface area contributed by atoms with E-state index in [4.69, 9.17) is 0 Å². The van der Waals surface area contributed by atoms with Crippen molar-refractivity contribution >= 4 is 28.8 Å². The molecule has 5 heteroatoms. The van der Waals surface area contributed by atoms with E-state index in [0.717, 1.165) is 4.88 Å². The van der Waals surface area contributed by atoms with Crippen molar-refractivity contribution in [1.29, 1.82) is 0 Å². The lowest BCUT2D eigenvalue weighted by Crippen LogP contribution is -2.38. The third-order valence-electron chi connectivity index (χ3n) is 3.26. The topological polar surface area (TPSA) is 49.4 Å². The van der Waals surface area contributed by atoms with Gasteiger partial charge in [-0.1, -0.05) is 24.3 Å². The van der Waals surface area contributed by atoms with Gasteiger partial charge in [0.05, 0.1) is 18.2 Å². The molecule has 0 saturated carbocycles. The number of nitrogens with one attached hydrogen (secondary N) is 1. The molecule has 1 unspecified atom stereocenters. The first-order valence-corrected chi connectivity index (χ1v) is 7.31. The van der Waals surface area contributed by atoms with Gasteiger partial charge < -0.3 is 5.32 Å². The molecule has 1 saturated heterocycles. The van der Waals surface area contributed by atoms with E-state index in [1.807, 2.05) is 35.7 Å². The third kappa shape index (κ3) is 2.50. The summed E-state index contributed by atoms with van der Waals surface area (Å²) >= 11 is 1.63. The van der Waals surface area contributed by atoms with Crippen LogP contribution in [0.5, 0.6) is 0 Å². The number of amides is 2. The zero-order valence-corrected chi connectivity index (χ0v) is 11.6. The number of benzene rings is 1. The van der Waals surface area contributed by atoms with Crippen LogP contribution >= 0.6 is 11.3 Å². The summed E-state index contributed by atoms with van der Waals surface area (Å²) in [4.78, 5) is 26.8. The van der Waals surface area contributed by atoms with Gasteiger partial charge in [0.2, 0.25) is 5.91 Å². The molecule has 0 spiro atoms. The van der Waals surface area contributed by atoms with Crippen LogP contribution in [0.25, 0.3) is 0 Å². The second-order valence-corrected chi connectivity index (χ2v) is 5.65. The molecule has 1 fully saturated rings. The van der Waals surface area contributed by atoms with E-state index in [1.54, 1.807) is 23.5 Å². The van der Waals surface area contributed by atoms with Gasteiger partial charge in [-0.2, -0.15) is 0 Å². The van der Waals surface area contributed by atoms with E-state index < -0.39 is 6.04 Å². The molecule has 1 aliphatic rings. The minimum atomic E-state index is -0.426. The van der Waals surface area contributed by atoms with Crippen molar-refractivity contribution < 1.29 is 9.59 Å². The fourth-order valence-corrected chi connectivity index (χ4v) is 2.93. The lowest BCUT2D eigenvalue weighted by Gasteiger charge is -2.15. The Hall–Kier alpha value is -1.98. The Morgan fingerprint density at radius 1 is 1.15 bits per heavy atom.